The van der Waals surface area contributed by atoms with Gasteiger partial charge in [-0.05, 0) is 42.3 Å². The number of allylic oxidation sites excluding steroid dienone is 1. The van der Waals surface area contributed by atoms with Crippen molar-refractivity contribution < 1.29 is 28.7 Å². The number of ketones is 2. The summed E-state index contributed by atoms with van der Waals surface area (Å²) in [5.41, 5.74) is 1.95. The second kappa shape index (κ2) is 8.61. The average Bonchev–Trinajstić information content (AvgIpc) is 3.27. The Kier molecular flexibility index (Phi) is 5.45. The van der Waals surface area contributed by atoms with Crippen molar-refractivity contribution in [2.24, 2.45) is 0 Å². The molecule has 2 aliphatic rings. The molecule has 0 fully saturated rings. The van der Waals surface area contributed by atoms with Gasteiger partial charge in [-0.3, -0.25) is 24.1 Å². The van der Waals surface area contributed by atoms with Crippen LogP contribution in [0.1, 0.15) is 60.3 Å². The van der Waals surface area contributed by atoms with E-state index in [1.807, 2.05) is 0 Å². The molecule has 1 heterocycles. The number of imide groups is 1. The monoisotopic (exact) mass is 465 g/mol. The first-order valence-corrected chi connectivity index (χ1v) is 11.1. The lowest BCUT2D eigenvalue weighted by atomic mass is 10.1. The first-order chi connectivity index (χ1) is 16.9. The summed E-state index contributed by atoms with van der Waals surface area (Å²) in [4.78, 5) is 64.5. The molecule has 7 nitrogen and oxygen atoms in total. The molecule has 1 aliphatic heterocycles. The van der Waals surface area contributed by atoms with Crippen LogP contribution >= 0.6 is 0 Å². The molecule has 0 N–H and O–H groups in total. The van der Waals surface area contributed by atoms with E-state index in [0.717, 1.165) is 4.90 Å². The maximum atomic E-state index is 12.9. The molecule has 1 aliphatic carbocycles. The SMILES string of the molecule is CC[C@@H](C(=O)Oc1ccc(C=C2C(=O)c3ccccc3C2=O)cc1)N1C(=O)c2ccccc2C1=O. The van der Waals surface area contributed by atoms with Crippen LogP contribution in [0.25, 0.3) is 6.08 Å². The van der Waals surface area contributed by atoms with Crippen LogP contribution in [-0.2, 0) is 4.79 Å². The third-order valence-electron chi connectivity index (χ3n) is 6.11. The molecule has 5 rings (SSSR count). The number of fused-ring (bicyclic) bond motifs is 2. The molecule has 0 saturated heterocycles. The third kappa shape index (κ3) is 3.67. The Balaban J connectivity index is 1.32. The van der Waals surface area contributed by atoms with Crippen LogP contribution in [0.3, 0.4) is 0 Å². The van der Waals surface area contributed by atoms with Crippen molar-refractivity contribution in [1.29, 1.82) is 0 Å². The van der Waals surface area contributed by atoms with Gasteiger partial charge in [0.05, 0.1) is 16.7 Å². The number of carbonyl (C=O) groups excluding carboxylic acids is 5. The molecule has 2 amide bonds. The minimum absolute atomic E-state index is 0.0765. The maximum Gasteiger partial charge on any atom is 0.334 e. The molecule has 1 atom stereocenters. The van der Waals surface area contributed by atoms with Gasteiger partial charge in [0.25, 0.3) is 11.8 Å². The van der Waals surface area contributed by atoms with Crippen molar-refractivity contribution in [3.63, 3.8) is 0 Å². The second-order valence-corrected chi connectivity index (χ2v) is 8.20. The van der Waals surface area contributed by atoms with Gasteiger partial charge in [0.15, 0.2) is 11.6 Å². The van der Waals surface area contributed by atoms with E-state index in [1.54, 1.807) is 67.6 Å². The summed E-state index contributed by atoms with van der Waals surface area (Å²) in [6.45, 7) is 1.69. The van der Waals surface area contributed by atoms with Gasteiger partial charge in [-0.2, -0.15) is 0 Å². The van der Waals surface area contributed by atoms with Crippen molar-refractivity contribution in [3.8, 4) is 5.75 Å². The number of benzene rings is 3. The molecular formula is C28H19NO6. The lowest BCUT2D eigenvalue weighted by molar-refractivity contribution is -0.138. The Morgan fingerprint density at radius 1 is 0.771 bits per heavy atom. The normalized spacial score (nSPS) is 15.2. The Morgan fingerprint density at radius 2 is 1.26 bits per heavy atom. The van der Waals surface area contributed by atoms with Crippen molar-refractivity contribution in [3.05, 3.63) is 106 Å². The van der Waals surface area contributed by atoms with Crippen molar-refractivity contribution in [2.45, 2.75) is 19.4 Å². The second-order valence-electron chi connectivity index (χ2n) is 8.20. The fraction of sp³-hybridized carbons (Fsp3) is 0.107. The summed E-state index contributed by atoms with van der Waals surface area (Å²) in [5.74, 6) is -2.23. The molecule has 0 bridgehead atoms. The molecule has 0 unspecified atom stereocenters. The van der Waals surface area contributed by atoms with E-state index >= 15 is 0 Å². The first kappa shape index (κ1) is 22.2. The topological polar surface area (TPSA) is 97.8 Å². The Hall–Kier alpha value is -4.65. The molecular weight excluding hydrogens is 446 g/mol. The number of nitrogens with zero attached hydrogens (tertiary/aromatic N) is 1. The number of hydrogen-bond donors (Lipinski definition) is 0. The van der Waals surface area contributed by atoms with Gasteiger partial charge in [0, 0.05) is 11.1 Å². The van der Waals surface area contributed by atoms with Gasteiger partial charge < -0.3 is 4.74 Å². The van der Waals surface area contributed by atoms with Gasteiger partial charge in [0.2, 0.25) is 0 Å². The number of Topliss-reactive ketones (excluding diaryl/α,β-unsaturated/α-hetero) is 2. The fourth-order valence-corrected chi connectivity index (χ4v) is 4.33. The number of esters is 1. The van der Waals surface area contributed by atoms with Crippen LogP contribution in [0.5, 0.6) is 5.75 Å². The molecule has 35 heavy (non-hydrogen) atoms. The standard InChI is InChI=1S/C28H19NO6/c1-2-23(29-26(32)20-9-5-6-10-21(20)27(29)33)28(34)35-17-13-11-16(12-14-17)15-22-24(30)18-7-3-4-8-19(18)25(22)31/h3-15,23H,2H2,1H3/t23-/m0/s1. The highest BCUT2D eigenvalue weighted by Crippen LogP contribution is 2.29. The number of carbonyl (C=O) groups is 5. The van der Waals surface area contributed by atoms with Gasteiger partial charge in [-0.15, -0.1) is 0 Å². The van der Waals surface area contributed by atoms with Crippen LogP contribution in [0.15, 0.2) is 78.4 Å². The molecule has 3 aromatic carbocycles. The van der Waals surface area contributed by atoms with E-state index in [4.69, 9.17) is 4.74 Å². The van der Waals surface area contributed by atoms with Gasteiger partial charge in [-0.1, -0.05) is 55.5 Å². The molecule has 0 aromatic heterocycles. The van der Waals surface area contributed by atoms with Crippen molar-refractivity contribution >= 4 is 35.4 Å². The van der Waals surface area contributed by atoms with E-state index in [0.29, 0.717) is 16.7 Å². The zero-order chi connectivity index (χ0) is 24.7. The van der Waals surface area contributed by atoms with E-state index in [9.17, 15) is 24.0 Å². The Bertz CT molecular complexity index is 1380. The van der Waals surface area contributed by atoms with Crippen LogP contribution < -0.4 is 4.74 Å². The summed E-state index contributed by atoms with van der Waals surface area (Å²) < 4.78 is 5.45. The predicted molar refractivity (Wildman–Crippen MR) is 126 cm³/mol. The molecule has 7 heteroatoms. The molecule has 0 radical (unpaired) electrons. The smallest absolute Gasteiger partial charge is 0.334 e. The quantitative estimate of drug-likeness (QED) is 0.185. The highest BCUT2D eigenvalue weighted by Gasteiger charge is 2.42. The molecule has 3 aromatic rings. The number of rotatable bonds is 5. The fourth-order valence-electron chi connectivity index (χ4n) is 4.33. The highest BCUT2D eigenvalue weighted by atomic mass is 16.5. The molecule has 0 spiro atoms. The van der Waals surface area contributed by atoms with Crippen LogP contribution in [-0.4, -0.2) is 40.3 Å². The maximum absolute atomic E-state index is 12.9. The largest absolute Gasteiger partial charge is 0.425 e. The summed E-state index contributed by atoms with van der Waals surface area (Å²) in [5, 5.41) is 0. The Labute approximate surface area is 200 Å². The zero-order valence-electron chi connectivity index (χ0n) is 18.7. The average molecular weight is 465 g/mol. The van der Waals surface area contributed by atoms with E-state index in [-0.39, 0.29) is 40.4 Å². The van der Waals surface area contributed by atoms with Crippen molar-refractivity contribution in [2.75, 3.05) is 0 Å². The summed E-state index contributed by atoms with van der Waals surface area (Å²) >= 11 is 0. The van der Waals surface area contributed by atoms with Crippen molar-refractivity contribution in [1.82, 2.24) is 4.90 Å². The van der Waals surface area contributed by atoms with Gasteiger partial charge >= 0.3 is 5.97 Å². The van der Waals surface area contributed by atoms with Crippen LogP contribution in [0, 0.1) is 0 Å². The summed E-state index contributed by atoms with van der Waals surface area (Å²) in [7, 11) is 0. The zero-order valence-corrected chi connectivity index (χ0v) is 18.7. The van der Waals surface area contributed by atoms with Gasteiger partial charge in [0.1, 0.15) is 11.8 Å². The predicted octanol–water partition coefficient (Wildman–Crippen LogP) is 4.13. The van der Waals surface area contributed by atoms with E-state index in [2.05, 4.69) is 0 Å². The number of hydrogen-bond acceptors (Lipinski definition) is 6. The lowest BCUT2D eigenvalue weighted by Gasteiger charge is -2.23. The first-order valence-electron chi connectivity index (χ1n) is 11.1. The molecule has 0 saturated carbocycles. The molecule has 172 valence electrons. The minimum atomic E-state index is -1.07. The summed E-state index contributed by atoms with van der Waals surface area (Å²) in [6.07, 6.45) is 1.70. The third-order valence-corrected chi connectivity index (χ3v) is 6.11. The lowest BCUT2D eigenvalue weighted by Crippen LogP contribution is -2.46. The summed E-state index contributed by atoms with van der Waals surface area (Å²) in [6, 6.07) is 18.3. The van der Waals surface area contributed by atoms with E-state index in [1.165, 1.54) is 18.2 Å². The Morgan fingerprint density at radius 3 is 1.74 bits per heavy atom. The highest BCUT2D eigenvalue weighted by molar-refractivity contribution is 6.41. The van der Waals surface area contributed by atoms with E-state index < -0.39 is 23.8 Å². The minimum Gasteiger partial charge on any atom is -0.425 e. The van der Waals surface area contributed by atoms with Crippen LogP contribution in [0.2, 0.25) is 0 Å². The van der Waals surface area contributed by atoms with Crippen LogP contribution in [0.4, 0.5) is 0 Å². The number of amides is 2. The van der Waals surface area contributed by atoms with Gasteiger partial charge in [-0.25, -0.2) is 4.79 Å². The number of ether oxygens (including phenoxy) is 1.